The van der Waals surface area contributed by atoms with E-state index in [0.29, 0.717) is 29.2 Å². The van der Waals surface area contributed by atoms with Gasteiger partial charge in [0, 0.05) is 23.1 Å². The van der Waals surface area contributed by atoms with Crippen molar-refractivity contribution in [1.29, 1.82) is 0 Å². The summed E-state index contributed by atoms with van der Waals surface area (Å²) < 4.78 is 11.5. The van der Waals surface area contributed by atoms with Crippen LogP contribution in [0, 0.1) is 0 Å². The van der Waals surface area contributed by atoms with Crippen LogP contribution in [0.1, 0.15) is 40.7 Å². The second kappa shape index (κ2) is 7.08. The van der Waals surface area contributed by atoms with Gasteiger partial charge in [0.2, 0.25) is 0 Å². The van der Waals surface area contributed by atoms with Crippen LogP contribution in [0.15, 0.2) is 72.8 Å². The van der Waals surface area contributed by atoms with Gasteiger partial charge in [-0.2, -0.15) is 0 Å². The molecule has 134 valence electrons. The molecular formula is C23H18O4. The van der Waals surface area contributed by atoms with Gasteiger partial charge in [0.05, 0.1) is 0 Å². The molecule has 0 unspecified atom stereocenters. The number of carbonyl (C=O) groups excluding carboxylic acids is 2. The van der Waals surface area contributed by atoms with E-state index in [9.17, 15) is 9.59 Å². The first kappa shape index (κ1) is 17.0. The molecule has 1 aliphatic rings. The fraction of sp³-hybridized carbons (Fsp3) is 0.130. The Bertz CT molecular complexity index is 959. The van der Waals surface area contributed by atoms with Crippen LogP contribution in [0.25, 0.3) is 0 Å². The summed E-state index contributed by atoms with van der Waals surface area (Å²) in [5.41, 5.74) is 2.16. The molecule has 4 heteroatoms. The maximum atomic E-state index is 13.0. The number of hydrogen-bond donors (Lipinski definition) is 0. The summed E-state index contributed by atoms with van der Waals surface area (Å²) in [6.07, 6.45) is 0.439. The van der Waals surface area contributed by atoms with Gasteiger partial charge < -0.3 is 9.47 Å². The zero-order chi connectivity index (χ0) is 18.8. The number of rotatable bonds is 4. The number of hydrogen-bond acceptors (Lipinski definition) is 4. The number of benzene rings is 3. The molecule has 0 saturated carbocycles. The molecule has 0 aromatic heterocycles. The van der Waals surface area contributed by atoms with E-state index < -0.39 is 5.92 Å². The lowest BCUT2D eigenvalue weighted by molar-refractivity contribution is -0.135. The molecule has 0 bridgehead atoms. The van der Waals surface area contributed by atoms with Gasteiger partial charge in [-0.1, -0.05) is 43.3 Å². The lowest BCUT2D eigenvalue weighted by atomic mass is 9.88. The van der Waals surface area contributed by atoms with Crippen molar-refractivity contribution in [2.45, 2.75) is 19.3 Å². The molecular weight excluding hydrogens is 340 g/mol. The van der Waals surface area contributed by atoms with Crippen LogP contribution < -0.4 is 9.47 Å². The third-order valence-corrected chi connectivity index (χ3v) is 4.63. The molecule has 0 saturated heterocycles. The van der Waals surface area contributed by atoms with Crippen LogP contribution in [0.3, 0.4) is 0 Å². The average molecular weight is 358 g/mol. The largest absolute Gasteiger partial charge is 0.457 e. The van der Waals surface area contributed by atoms with E-state index in [1.54, 1.807) is 24.3 Å². The van der Waals surface area contributed by atoms with E-state index in [1.165, 1.54) is 0 Å². The van der Waals surface area contributed by atoms with Crippen LogP contribution in [-0.4, -0.2) is 11.8 Å². The maximum absolute atomic E-state index is 13.0. The number of ether oxygens (including phenoxy) is 2. The molecule has 1 heterocycles. The smallest absolute Gasteiger partial charge is 0.323 e. The maximum Gasteiger partial charge on any atom is 0.323 e. The SMILES string of the molecule is CCC(=O)c1ccc(OC(=O)C2c3ccccc3Oc3ccccc32)cc1. The van der Waals surface area contributed by atoms with Crippen LogP contribution in [0.5, 0.6) is 17.2 Å². The molecule has 4 nitrogen and oxygen atoms in total. The Morgan fingerprint density at radius 2 is 1.41 bits per heavy atom. The van der Waals surface area contributed by atoms with Crippen molar-refractivity contribution in [3.63, 3.8) is 0 Å². The highest BCUT2D eigenvalue weighted by Crippen LogP contribution is 2.44. The van der Waals surface area contributed by atoms with E-state index in [2.05, 4.69) is 0 Å². The highest BCUT2D eigenvalue weighted by molar-refractivity contribution is 5.96. The second-order valence-electron chi connectivity index (χ2n) is 6.33. The Morgan fingerprint density at radius 3 is 1.96 bits per heavy atom. The van der Waals surface area contributed by atoms with Crippen LogP contribution in [0.2, 0.25) is 0 Å². The first-order valence-electron chi connectivity index (χ1n) is 8.88. The number of para-hydroxylation sites is 2. The van der Waals surface area contributed by atoms with Gasteiger partial charge in [0.15, 0.2) is 5.78 Å². The quantitative estimate of drug-likeness (QED) is 0.369. The number of fused-ring (bicyclic) bond motifs is 2. The Labute approximate surface area is 157 Å². The summed E-state index contributed by atoms with van der Waals surface area (Å²) in [4.78, 5) is 24.8. The van der Waals surface area contributed by atoms with Crippen molar-refractivity contribution < 1.29 is 19.1 Å². The normalized spacial score (nSPS) is 12.5. The fourth-order valence-corrected chi connectivity index (χ4v) is 3.25. The average Bonchev–Trinajstić information content (AvgIpc) is 2.71. The predicted octanol–water partition coefficient (Wildman–Crippen LogP) is 5.12. The minimum atomic E-state index is -0.567. The van der Waals surface area contributed by atoms with Gasteiger partial charge in [0.25, 0.3) is 0 Å². The first-order valence-corrected chi connectivity index (χ1v) is 8.88. The Kier molecular flexibility index (Phi) is 4.47. The Hall–Kier alpha value is -3.40. The Balaban J connectivity index is 1.65. The molecule has 0 aliphatic carbocycles. The van der Waals surface area contributed by atoms with Gasteiger partial charge in [-0.3, -0.25) is 9.59 Å². The van der Waals surface area contributed by atoms with E-state index in [1.807, 2.05) is 55.5 Å². The highest BCUT2D eigenvalue weighted by Gasteiger charge is 2.33. The summed E-state index contributed by atoms with van der Waals surface area (Å²) >= 11 is 0. The third-order valence-electron chi connectivity index (χ3n) is 4.63. The van der Waals surface area contributed by atoms with Gasteiger partial charge >= 0.3 is 5.97 Å². The molecule has 3 aromatic rings. The van der Waals surface area contributed by atoms with Crippen molar-refractivity contribution in [1.82, 2.24) is 0 Å². The lowest BCUT2D eigenvalue weighted by Gasteiger charge is -2.26. The summed E-state index contributed by atoms with van der Waals surface area (Å²) in [7, 11) is 0. The molecule has 0 radical (unpaired) electrons. The van der Waals surface area contributed by atoms with E-state index in [-0.39, 0.29) is 11.8 Å². The molecule has 0 N–H and O–H groups in total. The second-order valence-corrected chi connectivity index (χ2v) is 6.33. The van der Waals surface area contributed by atoms with Gasteiger partial charge in [0.1, 0.15) is 23.2 Å². The lowest BCUT2D eigenvalue weighted by Crippen LogP contribution is -2.23. The Morgan fingerprint density at radius 1 is 0.852 bits per heavy atom. The zero-order valence-corrected chi connectivity index (χ0v) is 14.8. The number of Topliss-reactive ketones (excluding diaryl/α,β-unsaturated/α-hetero) is 1. The summed E-state index contributed by atoms with van der Waals surface area (Å²) in [6.45, 7) is 1.82. The van der Waals surface area contributed by atoms with Gasteiger partial charge in [-0.25, -0.2) is 0 Å². The van der Waals surface area contributed by atoms with E-state index in [0.717, 1.165) is 11.1 Å². The predicted molar refractivity (Wildman–Crippen MR) is 101 cm³/mol. The molecule has 0 atom stereocenters. The molecule has 27 heavy (non-hydrogen) atoms. The zero-order valence-electron chi connectivity index (χ0n) is 14.8. The van der Waals surface area contributed by atoms with Gasteiger partial charge in [-0.05, 0) is 36.4 Å². The van der Waals surface area contributed by atoms with Crippen LogP contribution >= 0.6 is 0 Å². The van der Waals surface area contributed by atoms with Crippen molar-refractivity contribution in [2.75, 3.05) is 0 Å². The van der Waals surface area contributed by atoms with E-state index >= 15 is 0 Å². The van der Waals surface area contributed by atoms with Gasteiger partial charge in [-0.15, -0.1) is 0 Å². The molecule has 0 fully saturated rings. The molecule has 1 aliphatic heterocycles. The standard InChI is InChI=1S/C23H18O4/c1-2-19(24)15-11-13-16(14-12-15)26-23(25)22-17-7-3-5-9-20(17)27-21-10-6-4-8-18(21)22/h3-14,22H,2H2,1H3. The van der Waals surface area contributed by atoms with Crippen molar-refractivity contribution in [2.24, 2.45) is 0 Å². The molecule has 4 rings (SSSR count). The third kappa shape index (κ3) is 3.22. The summed E-state index contributed by atoms with van der Waals surface area (Å²) in [5, 5.41) is 0. The number of carbonyl (C=O) groups is 2. The first-order chi connectivity index (χ1) is 13.2. The van der Waals surface area contributed by atoms with Crippen LogP contribution in [0.4, 0.5) is 0 Å². The van der Waals surface area contributed by atoms with Crippen molar-refractivity contribution in [3.05, 3.63) is 89.5 Å². The minimum Gasteiger partial charge on any atom is -0.457 e. The fourth-order valence-electron chi connectivity index (χ4n) is 3.25. The minimum absolute atomic E-state index is 0.0557. The number of esters is 1. The highest BCUT2D eigenvalue weighted by atomic mass is 16.5. The van der Waals surface area contributed by atoms with Crippen molar-refractivity contribution in [3.8, 4) is 17.2 Å². The molecule has 0 amide bonds. The summed E-state index contributed by atoms with van der Waals surface area (Å²) in [5.74, 6) is 0.828. The summed E-state index contributed by atoms with van der Waals surface area (Å²) in [6, 6.07) is 21.6. The topological polar surface area (TPSA) is 52.6 Å². The molecule has 3 aromatic carbocycles. The monoisotopic (exact) mass is 358 g/mol. The molecule has 0 spiro atoms. The van der Waals surface area contributed by atoms with Crippen LogP contribution in [-0.2, 0) is 4.79 Å². The number of ketones is 1. The van der Waals surface area contributed by atoms with Crippen molar-refractivity contribution >= 4 is 11.8 Å². The van der Waals surface area contributed by atoms with E-state index in [4.69, 9.17) is 9.47 Å².